The van der Waals surface area contributed by atoms with Crippen molar-refractivity contribution in [2.24, 2.45) is 0 Å². The van der Waals surface area contributed by atoms with Crippen LogP contribution in [-0.2, 0) is 16.1 Å². The van der Waals surface area contributed by atoms with E-state index in [1.54, 1.807) is 6.20 Å². The Labute approximate surface area is 164 Å². The smallest absolute Gasteiger partial charge is 0.278 e. The molecule has 0 aliphatic carbocycles. The third kappa shape index (κ3) is 3.38. The second-order valence-electron chi connectivity index (χ2n) is 6.89. The predicted octanol–water partition coefficient (Wildman–Crippen LogP) is 2.86. The van der Waals surface area contributed by atoms with Gasteiger partial charge in [-0.3, -0.25) is 19.5 Å². The maximum Gasteiger partial charge on any atom is 0.278 e. The molecule has 0 radical (unpaired) electrons. The highest BCUT2D eigenvalue weighted by Crippen LogP contribution is 2.34. The third-order valence-electron chi connectivity index (χ3n) is 5.07. The number of pyridine rings is 1. The van der Waals surface area contributed by atoms with Crippen LogP contribution in [0.1, 0.15) is 31.0 Å². The molecular formula is C22H23N3O3. The fourth-order valence-corrected chi connectivity index (χ4v) is 3.74. The zero-order valence-electron chi connectivity index (χ0n) is 15.9. The Bertz CT molecular complexity index is 900. The number of nitrogens with zero attached hydrogens (tertiary/aromatic N) is 3. The summed E-state index contributed by atoms with van der Waals surface area (Å²) in [7, 11) is 0. The van der Waals surface area contributed by atoms with Gasteiger partial charge >= 0.3 is 0 Å². The summed E-state index contributed by atoms with van der Waals surface area (Å²) >= 11 is 0. The van der Waals surface area contributed by atoms with Crippen LogP contribution in [0.5, 0.6) is 5.75 Å². The Morgan fingerprint density at radius 1 is 1.00 bits per heavy atom. The van der Waals surface area contributed by atoms with Gasteiger partial charge in [-0.1, -0.05) is 18.2 Å². The Hall–Kier alpha value is -3.15. The summed E-state index contributed by atoms with van der Waals surface area (Å²) in [5, 5.41) is 0. The summed E-state index contributed by atoms with van der Waals surface area (Å²) in [5.74, 6) is 0.250. The van der Waals surface area contributed by atoms with E-state index in [1.165, 1.54) is 4.90 Å². The highest BCUT2D eigenvalue weighted by molar-refractivity contribution is 6.35. The van der Waals surface area contributed by atoms with Crippen molar-refractivity contribution in [2.45, 2.75) is 26.3 Å². The van der Waals surface area contributed by atoms with Crippen LogP contribution in [-0.4, -0.2) is 46.3 Å². The Morgan fingerprint density at radius 3 is 2.39 bits per heavy atom. The topological polar surface area (TPSA) is 62.7 Å². The first-order valence-corrected chi connectivity index (χ1v) is 9.67. The highest BCUT2D eigenvalue weighted by Gasteiger charge is 2.42. The minimum absolute atomic E-state index is 0.177. The second-order valence-corrected chi connectivity index (χ2v) is 6.89. The van der Waals surface area contributed by atoms with E-state index in [9.17, 15) is 9.59 Å². The fourth-order valence-electron chi connectivity index (χ4n) is 3.74. The highest BCUT2D eigenvalue weighted by atomic mass is 16.5. The number of likely N-dealkylation sites (tertiary alicyclic amines) is 1. The Morgan fingerprint density at radius 2 is 1.75 bits per heavy atom. The molecule has 0 bridgehead atoms. The molecule has 2 aliphatic rings. The van der Waals surface area contributed by atoms with E-state index < -0.39 is 0 Å². The molecule has 0 N–H and O–H groups in total. The van der Waals surface area contributed by atoms with E-state index in [4.69, 9.17) is 4.74 Å². The number of ether oxygens (including phenoxy) is 1. The Balaban J connectivity index is 1.70. The lowest BCUT2D eigenvalue weighted by molar-refractivity contribution is -0.138. The summed E-state index contributed by atoms with van der Waals surface area (Å²) in [6.45, 7) is 4.28. The molecule has 6 heteroatoms. The molecule has 2 amide bonds. The van der Waals surface area contributed by atoms with Gasteiger partial charge in [-0.05, 0) is 49.6 Å². The number of imide groups is 1. The first kappa shape index (κ1) is 18.2. The molecule has 0 atom stereocenters. The minimum Gasteiger partial charge on any atom is -0.494 e. The average Bonchev–Trinajstić information content (AvgIpc) is 3.32. The summed E-state index contributed by atoms with van der Waals surface area (Å²) in [6, 6.07) is 12.9. The third-order valence-corrected chi connectivity index (χ3v) is 5.07. The number of carbonyl (C=O) groups excluding carboxylic acids is 2. The second kappa shape index (κ2) is 7.84. The standard InChI is InChI=1S/C22H23N3O3/c1-2-28-18-10-8-16(9-11-18)19-20(24-13-5-6-14-24)22(27)25(21(19)26)15-17-7-3-4-12-23-17/h3-4,7-12H,2,5-6,13-15H2,1H3. The molecule has 0 saturated carbocycles. The van der Waals surface area contributed by atoms with Crippen molar-refractivity contribution >= 4 is 17.4 Å². The van der Waals surface area contributed by atoms with E-state index in [2.05, 4.69) is 4.98 Å². The van der Waals surface area contributed by atoms with Crippen LogP contribution in [0.25, 0.3) is 5.57 Å². The van der Waals surface area contributed by atoms with Crippen molar-refractivity contribution in [1.82, 2.24) is 14.8 Å². The van der Waals surface area contributed by atoms with Gasteiger partial charge in [0.1, 0.15) is 11.4 Å². The van der Waals surface area contributed by atoms with Gasteiger partial charge in [-0.2, -0.15) is 0 Å². The van der Waals surface area contributed by atoms with Crippen LogP contribution in [0.15, 0.2) is 54.4 Å². The number of amides is 2. The molecule has 1 aromatic carbocycles. The monoisotopic (exact) mass is 377 g/mol. The largest absolute Gasteiger partial charge is 0.494 e. The molecule has 2 aliphatic heterocycles. The number of aromatic nitrogens is 1. The minimum atomic E-state index is -0.262. The summed E-state index contributed by atoms with van der Waals surface area (Å²) in [5.41, 5.74) is 2.43. The van der Waals surface area contributed by atoms with Crippen LogP contribution in [0.2, 0.25) is 0 Å². The van der Waals surface area contributed by atoms with Gasteiger partial charge in [-0.25, -0.2) is 0 Å². The van der Waals surface area contributed by atoms with E-state index in [1.807, 2.05) is 54.3 Å². The molecule has 3 heterocycles. The first-order valence-electron chi connectivity index (χ1n) is 9.67. The summed E-state index contributed by atoms with van der Waals surface area (Å²) in [6.07, 6.45) is 3.73. The van der Waals surface area contributed by atoms with Crippen LogP contribution in [0, 0.1) is 0 Å². The fraction of sp³-hybridized carbons (Fsp3) is 0.318. The predicted molar refractivity (Wildman–Crippen MR) is 105 cm³/mol. The first-order chi connectivity index (χ1) is 13.7. The maximum absolute atomic E-state index is 13.3. The van der Waals surface area contributed by atoms with Crippen LogP contribution >= 0.6 is 0 Å². The summed E-state index contributed by atoms with van der Waals surface area (Å²) in [4.78, 5) is 34.1. The average molecular weight is 377 g/mol. The number of hydrogen-bond donors (Lipinski definition) is 0. The van der Waals surface area contributed by atoms with Crippen LogP contribution in [0.3, 0.4) is 0 Å². The van der Waals surface area contributed by atoms with Crippen LogP contribution < -0.4 is 4.74 Å². The Kier molecular flexibility index (Phi) is 5.10. The van der Waals surface area contributed by atoms with Crippen LogP contribution in [0.4, 0.5) is 0 Å². The zero-order chi connectivity index (χ0) is 19.5. The van der Waals surface area contributed by atoms with Gasteiger partial charge in [0.15, 0.2) is 0 Å². The maximum atomic E-state index is 13.3. The molecule has 0 unspecified atom stereocenters. The molecule has 1 fully saturated rings. The van der Waals surface area contributed by atoms with Crippen molar-refractivity contribution in [3.05, 3.63) is 65.6 Å². The van der Waals surface area contributed by atoms with Gasteiger partial charge in [-0.15, -0.1) is 0 Å². The molecule has 144 valence electrons. The van der Waals surface area contributed by atoms with Gasteiger partial charge in [0, 0.05) is 19.3 Å². The molecule has 1 aromatic heterocycles. The zero-order valence-corrected chi connectivity index (χ0v) is 15.9. The molecule has 28 heavy (non-hydrogen) atoms. The molecule has 2 aromatic rings. The van der Waals surface area contributed by atoms with E-state index in [0.29, 0.717) is 23.6 Å². The van der Waals surface area contributed by atoms with Crippen molar-refractivity contribution < 1.29 is 14.3 Å². The molecule has 0 spiro atoms. The normalized spacial score (nSPS) is 17.0. The van der Waals surface area contributed by atoms with Crippen molar-refractivity contribution in [3.63, 3.8) is 0 Å². The SMILES string of the molecule is CCOc1ccc(C2=C(N3CCCC3)C(=O)N(Cc3ccccn3)C2=O)cc1. The molecule has 4 rings (SSSR count). The molecule has 6 nitrogen and oxygen atoms in total. The van der Waals surface area contributed by atoms with E-state index >= 15 is 0 Å². The number of hydrogen-bond acceptors (Lipinski definition) is 5. The van der Waals surface area contributed by atoms with E-state index in [0.717, 1.165) is 37.2 Å². The van der Waals surface area contributed by atoms with Gasteiger partial charge in [0.2, 0.25) is 0 Å². The van der Waals surface area contributed by atoms with E-state index in [-0.39, 0.29) is 18.4 Å². The molecule has 1 saturated heterocycles. The lowest BCUT2D eigenvalue weighted by Gasteiger charge is -2.20. The number of rotatable bonds is 6. The van der Waals surface area contributed by atoms with Gasteiger partial charge < -0.3 is 9.64 Å². The van der Waals surface area contributed by atoms with Crippen molar-refractivity contribution in [2.75, 3.05) is 19.7 Å². The number of benzene rings is 1. The lowest BCUT2D eigenvalue weighted by atomic mass is 10.0. The van der Waals surface area contributed by atoms with Crippen molar-refractivity contribution in [3.8, 4) is 5.75 Å². The summed E-state index contributed by atoms with van der Waals surface area (Å²) < 4.78 is 5.50. The molecular weight excluding hydrogens is 354 g/mol. The number of carbonyl (C=O) groups is 2. The van der Waals surface area contributed by atoms with Gasteiger partial charge in [0.05, 0.1) is 24.4 Å². The van der Waals surface area contributed by atoms with Crippen molar-refractivity contribution in [1.29, 1.82) is 0 Å². The quantitative estimate of drug-likeness (QED) is 0.725. The van der Waals surface area contributed by atoms with Gasteiger partial charge in [0.25, 0.3) is 11.8 Å². The lowest BCUT2D eigenvalue weighted by Crippen LogP contribution is -2.34.